The lowest BCUT2D eigenvalue weighted by Gasteiger charge is -2.18. The third-order valence-corrected chi connectivity index (χ3v) is 9.21. The summed E-state index contributed by atoms with van der Waals surface area (Å²) in [6, 6.07) is 54.4. The molecule has 214 valence electrons. The van der Waals surface area contributed by atoms with Crippen molar-refractivity contribution in [2.24, 2.45) is 0 Å². The second-order valence-electron chi connectivity index (χ2n) is 11.8. The van der Waals surface area contributed by atoms with E-state index in [1.54, 1.807) is 0 Å². The molecule has 1 aliphatic rings. The highest BCUT2D eigenvalue weighted by Gasteiger charge is 2.22. The van der Waals surface area contributed by atoms with Crippen LogP contribution in [0, 0.1) is 0 Å². The average molecular weight is 578 g/mol. The minimum atomic E-state index is 0.990. The summed E-state index contributed by atoms with van der Waals surface area (Å²) in [6.45, 7) is 0. The van der Waals surface area contributed by atoms with Gasteiger partial charge in [0.2, 0.25) is 0 Å². The summed E-state index contributed by atoms with van der Waals surface area (Å²) in [7, 11) is 0. The number of anilines is 2. The van der Waals surface area contributed by atoms with Gasteiger partial charge in [-0.05, 0) is 103 Å². The van der Waals surface area contributed by atoms with Crippen molar-refractivity contribution in [3.8, 4) is 11.4 Å². The number of benzene rings is 6. The third kappa shape index (κ3) is 4.28. The Morgan fingerprint density at radius 1 is 0.444 bits per heavy atom. The first-order valence-electron chi connectivity index (χ1n) is 15.7. The zero-order valence-corrected chi connectivity index (χ0v) is 24.8. The van der Waals surface area contributed by atoms with Gasteiger partial charge in [-0.3, -0.25) is 0 Å². The molecule has 8 aromatic rings. The maximum atomic E-state index is 3.51. The quantitative estimate of drug-likeness (QED) is 0.216. The Hall–Kier alpha value is -5.80. The first kappa shape index (κ1) is 25.7. The second kappa shape index (κ2) is 10.4. The predicted molar refractivity (Wildman–Crippen MR) is 190 cm³/mol. The fourth-order valence-electron chi connectivity index (χ4n) is 7.16. The maximum absolute atomic E-state index is 3.51. The van der Waals surface area contributed by atoms with Gasteiger partial charge in [-0.2, -0.15) is 0 Å². The smallest absolute Gasteiger partial charge is 0.0541 e. The molecule has 1 aliphatic carbocycles. The van der Waals surface area contributed by atoms with Crippen LogP contribution in [-0.2, 0) is 6.42 Å². The van der Waals surface area contributed by atoms with E-state index in [9.17, 15) is 0 Å². The number of nitrogens with one attached hydrogen (secondary N) is 1. The SMILES string of the molecule is C1=C(c2ccc3c(c2)c2ccccc2n3-c2ccccc2)CCc2c1c1ccccc1n2-c1ccc(Nc2ccccc2)cc1. The van der Waals surface area contributed by atoms with Gasteiger partial charge in [0.25, 0.3) is 0 Å². The molecule has 0 spiro atoms. The maximum Gasteiger partial charge on any atom is 0.0541 e. The molecule has 0 saturated heterocycles. The van der Waals surface area contributed by atoms with E-state index in [-0.39, 0.29) is 0 Å². The normalized spacial score (nSPS) is 12.8. The lowest BCUT2D eigenvalue weighted by Crippen LogP contribution is -2.05. The molecule has 0 unspecified atom stereocenters. The summed E-state index contributed by atoms with van der Waals surface area (Å²) in [4.78, 5) is 0. The highest BCUT2D eigenvalue weighted by Crippen LogP contribution is 2.40. The number of nitrogens with zero attached hydrogens (tertiary/aromatic N) is 2. The van der Waals surface area contributed by atoms with Crippen molar-refractivity contribution >= 4 is 55.7 Å². The van der Waals surface area contributed by atoms with Gasteiger partial charge >= 0.3 is 0 Å². The summed E-state index contributed by atoms with van der Waals surface area (Å²) in [5, 5.41) is 7.40. The molecule has 0 aliphatic heterocycles. The van der Waals surface area contributed by atoms with Crippen LogP contribution in [0.15, 0.2) is 152 Å². The molecule has 0 saturated carbocycles. The number of aromatic nitrogens is 2. The fraction of sp³-hybridized carbons (Fsp3) is 0.0476. The summed E-state index contributed by atoms with van der Waals surface area (Å²) in [5.41, 5.74) is 13.7. The van der Waals surface area contributed by atoms with Gasteiger partial charge in [-0.25, -0.2) is 0 Å². The van der Waals surface area contributed by atoms with E-state index in [2.05, 4.69) is 166 Å². The number of rotatable bonds is 5. The fourth-order valence-corrected chi connectivity index (χ4v) is 7.16. The van der Waals surface area contributed by atoms with Crippen LogP contribution >= 0.6 is 0 Å². The Balaban J connectivity index is 1.14. The minimum absolute atomic E-state index is 0.990. The highest BCUT2D eigenvalue weighted by molar-refractivity contribution is 6.10. The van der Waals surface area contributed by atoms with Crippen LogP contribution in [0.2, 0.25) is 0 Å². The van der Waals surface area contributed by atoms with Crippen molar-refractivity contribution in [3.05, 3.63) is 168 Å². The lowest BCUT2D eigenvalue weighted by molar-refractivity contribution is 0.898. The highest BCUT2D eigenvalue weighted by atomic mass is 15.0. The van der Waals surface area contributed by atoms with E-state index in [4.69, 9.17) is 0 Å². The standard InChI is InChI=1S/C42H31N3/c1-3-11-31(12-4-1)43-32-21-23-34(24-22-32)45-40-18-10-8-16-36(40)38-28-30(20-26-42(38)45)29-19-25-41-37(27-29)35-15-7-9-17-39(35)44(41)33-13-5-2-6-14-33/h1-19,21-25,27-28,43H,20,26H2. The van der Waals surface area contributed by atoms with Gasteiger partial charge in [0.1, 0.15) is 0 Å². The van der Waals surface area contributed by atoms with Crippen molar-refractivity contribution < 1.29 is 0 Å². The van der Waals surface area contributed by atoms with Crippen LogP contribution in [0.5, 0.6) is 0 Å². The Labute approximate surface area is 262 Å². The minimum Gasteiger partial charge on any atom is -0.356 e. The van der Waals surface area contributed by atoms with Crippen LogP contribution in [0.25, 0.3) is 55.7 Å². The largest absolute Gasteiger partial charge is 0.356 e. The van der Waals surface area contributed by atoms with Crippen LogP contribution in [-0.4, -0.2) is 9.13 Å². The van der Waals surface area contributed by atoms with Gasteiger partial charge < -0.3 is 14.5 Å². The van der Waals surface area contributed by atoms with Gasteiger partial charge in [-0.1, -0.05) is 78.9 Å². The molecule has 0 radical (unpaired) electrons. The average Bonchev–Trinajstić information content (AvgIpc) is 3.62. The first-order chi connectivity index (χ1) is 22.3. The summed E-state index contributed by atoms with van der Waals surface area (Å²) >= 11 is 0. The van der Waals surface area contributed by atoms with Crippen molar-refractivity contribution in [3.63, 3.8) is 0 Å². The zero-order chi connectivity index (χ0) is 29.7. The van der Waals surface area contributed by atoms with Gasteiger partial charge in [0.15, 0.2) is 0 Å². The number of hydrogen-bond acceptors (Lipinski definition) is 1. The molecule has 3 nitrogen and oxygen atoms in total. The van der Waals surface area contributed by atoms with Crippen molar-refractivity contribution in [2.45, 2.75) is 12.8 Å². The van der Waals surface area contributed by atoms with Crippen molar-refractivity contribution in [2.75, 3.05) is 5.32 Å². The number of allylic oxidation sites excluding steroid dienone is 1. The molecule has 3 heteroatoms. The number of fused-ring (bicyclic) bond motifs is 6. The third-order valence-electron chi connectivity index (χ3n) is 9.21. The van der Waals surface area contributed by atoms with Crippen LogP contribution in [0.4, 0.5) is 11.4 Å². The van der Waals surface area contributed by atoms with E-state index >= 15 is 0 Å². The van der Waals surface area contributed by atoms with E-state index in [1.165, 1.54) is 66.5 Å². The van der Waals surface area contributed by atoms with E-state index in [1.807, 2.05) is 6.07 Å². The zero-order valence-electron chi connectivity index (χ0n) is 24.8. The molecule has 2 aromatic heterocycles. The van der Waals surface area contributed by atoms with Crippen LogP contribution in [0.1, 0.15) is 23.2 Å². The topological polar surface area (TPSA) is 21.9 Å². The van der Waals surface area contributed by atoms with Crippen LogP contribution < -0.4 is 5.32 Å². The lowest BCUT2D eigenvalue weighted by atomic mass is 9.90. The monoisotopic (exact) mass is 577 g/mol. The molecule has 0 amide bonds. The summed E-state index contributed by atoms with van der Waals surface area (Å²) in [6.07, 6.45) is 4.43. The van der Waals surface area contributed by atoms with Crippen molar-refractivity contribution in [1.82, 2.24) is 9.13 Å². The molecule has 1 N–H and O–H groups in total. The number of para-hydroxylation sites is 4. The molecule has 6 aromatic carbocycles. The van der Waals surface area contributed by atoms with Crippen LogP contribution in [0.3, 0.4) is 0 Å². The Bertz CT molecular complexity index is 2370. The van der Waals surface area contributed by atoms with Gasteiger partial charge in [0, 0.05) is 50.2 Å². The molecular weight excluding hydrogens is 546 g/mol. The van der Waals surface area contributed by atoms with Crippen molar-refractivity contribution in [1.29, 1.82) is 0 Å². The van der Waals surface area contributed by atoms with Gasteiger partial charge in [0.05, 0.1) is 16.6 Å². The molecule has 0 fully saturated rings. The molecule has 0 atom stereocenters. The van der Waals surface area contributed by atoms with E-state index < -0.39 is 0 Å². The first-order valence-corrected chi connectivity index (χ1v) is 15.7. The summed E-state index contributed by atoms with van der Waals surface area (Å²) in [5.74, 6) is 0. The molecule has 9 rings (SSSR count). The predicted octanol–water partition coefficient (Wildman–Crippen LogP) is 11.0. The Morgan fingerprint density at radius 3 is 1.82 bits per heavy atom. The van der Waals surface area contributed by atoms with E-state index in [0.29, 0.717) is 0 Å². The Kier molecular flexibility index (Phi) is 5.95. The van der Waals surface area contributed by atoms with E-state index in [0.717, 1.165) is 24.2 Å². The number of hydrogen-bond donors (Lipinski definition) is 1. The second-order valence-corrected chi connectivity index (χ2v) is 11.8. The molecule has 0 bridgehead atoms. The molecular formula is C42H31N3. The Morgan fingerprint density at radius 2 is 1.04 bits per heavy atom. The molecule has 2 heterocycles. The summed E-state index contributed by atoms with van der Waals surface area (Å²) < 4.78 is 4.84. The molecule has 45 heavy (non-hydrogen) atoms. The van der Waals surface area contributed by atoms with Gasteiger partial charge in [-0.15, -0.1) is 0 Å².